The Labute approximate surface area is 42.1 Å². The van der Waals surface area contributed by atoms with E-state index in [2.05, 4.69) is 0 Å². The number of aldehydes is 1. The van der Waals surface area contributed by atoms with E-state index in [0.717, 1.165) is 0 Å². The largest absolute Gasteiger partial charge is 0.325 e. The number of hydrogen-bond acceptors (Lipinski definition) is 2. The first-order valence-electron chi connectivity index (χ1n) is 2.08. The van der Waals surface area contributed by atoms with Gasteiger partial charge in [0.15, 0.2) is 0 Å². The minimum absolute atomic E-state index is 0.184. The standard InChI is InChI=1S/C4H8NO2/c5-4(3-7)1-2-6/h2,4H,1,3,5H2. The molecule has 0 heterocycles. The molecular weight excluding hydrogens is 94.0 g/mol. The second kappa shape index (κ2) is 3.77. The smallest absolute Gasteiger partial charge is 0.121 e. The van der Waals surface area contributed by atoms with Gasteiger partial charge in [-0.1, -0.05) is 0 Å². The Balaban J connectivity index is 2.98. The predicted molar refractivity (Wildman–Crippen MR) is 24.2 cm³/mol. The molecule has 3 nitrogen and oxygen atoms in total. The second-order valence-electron chi connectivity index (χ2n) is 1.33. The van der Waals surface area contributed by atoms with E-state index in [4.69, 9.17) is 5.73 Å². The lowest BCUT2D eigenvalue weighted by Gasteiger charge is -1.96. The van der Waals surface area contributed by atoms with E-state index in [1.54, 1.807) is 0 Å². The summed E-state index contributed by atoms with van der Waals surface area (Å²) in [5.74, 6) is 0. The third kappa shape index (κ3) is 3.42. The highest BCUT2D eigenvalue weighted by Gasteiger charge is 1.96. The fourth-order valence-corrected chi connectivity index (χ4v) is 0.192. The van der Waals surface area contributed by atoms with Gasteiger partial charge in [-0.2, -0.15) is 0 Å². The molecule has 41 valence electrons. The van der Waals surface area contributed by atoms with Crippen LogP contribution in [-0.4, -0.2) is 18.9 Å². The van der Waals surface area contributed by atoms with Gasteiger partial charge in [-0.3, -0.25) is 0 Å². The molecule has 0 amide bonds. The van der Waals surface area contributed by atoms with Crippen molar-refractivity contribution in [2.75, 3.05) is 6.61 Å². The monoisotopic (exact) mass is 102 g/mol. The van der Waals surface area contributed by atoms with Crippen LogP contribution in [0.15, 0.2) is 0 Å². The Morgan fingerprint density at radius 3 is 2.43 bits per heavy atom. The summed E-state index contributed by atoms with van der Waals surface area (Å²) in [6.45, 7) is -0.362. The minimum Gasteiger partial charge on any atom is -0.325 e. The van der Waals surface area contributed by atoms with Crippen LogP contribution in [0.2, 0.25) is 0 Å². The van der Waals surface area contributed by atoms with Crippen LogP contribution in [0.3, 0.4) is 0 Å². The van der Waals surface area contributed by atoms with Crippen LogP contribution in [0.5, 0.6) is 0 Å². The van der Waals surface area contributed by atoms with Crippen molar-refractivity contribution in [2.24, 2.45) is 5.73 Å². The second-order valence-corrected chi connectivity index (χ2v) is 1.33. The molecule has 0 aromatic heterocycles. The minimum atomic E-state index is -0.475. The first kappa shape index (κ1) is 6.59. The molecule has 7 heavy (non-hydrogen) atoms. The van der Waals surface area contributed by atoms with E-state index in [0.29, 0.717) is 6.29 Å². The zero-order valence-electron chi connectivity index (χ0n) is 3.96. The van der Waals surface area contributed by atoms with E-state index in [-0.39, 0.29) is 13.0 Å². The van der Waals surface area contributed by atoms with Crippen LogP contribution < -0.4 is 5.73 Å². The molecule has 0 saturated carbocycles. The van der Waals surface area contributed by atoms with Crippen LogP contribution in [0.1, 0.15) is 6.42 Å². The third-order valence-corrected chi connectivity index (χ3v) is 0.613. The van der Waals surface area contributed by atoms with Crippen molar-refractivity contribution in [1.82, 2.24) is 0 Å². The van der Waals surface area contributed by atoms with Crippen LogP contribution >= 0.6 is 0 Å². The van der Waals surface area contributed by atoms with Crippen molar-refractivity contribution in [1.29, 1.82) is 0 Å². The summed E-state index contributed by atoms with van der Waals surface area (Å²) >= 11 is 0. The molecule has 0 bridgehead atoms. The fraction of sp³-hybridized carbons (Fsp3) is 0.750. The van der Waals surface area contributed by atoms with Gasteiger partial charge in [0.05, 0.1) is 6.61 Å². The van der Waals surface area contributed by atoms with Crippen LogP contribution in [0.25, 0.3) is 0 Å². The Hall–Kier alpha value is -0.410. The van der Waals surface area contributed by atoms with Gasteiger partial charge in [-0.05, 0) is 0 Å². The Morgan fingerprint density at radius 1 is 1.71 bits per heavy atom. The highest BCUT2D eigenvalue weighted by atomic mass is 16.3. The van der Waals surface area contributed by atoms with Gasteiger partial charge in [-0.15, -0.1) is 0 Å². The van der Waals surface area contributed by atoms with Crippen LogP contribution in [0.4, 0.5) is 0 Å². The molecule has 0 aliphatic carbocycles. The van der Waals surface area contributed by atoms with Gasteiger partial charge in [0.1, 0.15) is 6.29 Å². The van der Waals surface area contributed by atoms with Gasteiger partial charge in [0, 0.05) is 12.5 Å². The van der Waals surface area contributed by atoms with Crippen molar-refractivity contribution in [3.8, 4) is 0 Å². The average Bonchev–Trinajstić information content (AvgIpc) is 1.68. The molecule has 0 rings (SSSR count). The number of rotatable bonds is 3. The number of carbonyl (C=O) groups is 1. The lowest BCUT2D eigenvalue weighted by Crippen LogP contribution is -2.23. The van der Waals surface area contributed by atoms with E-state index >= 15 is 0 Å². The van der Waals surface area contributed by atoms with E-state index in [9.17, 15) is 9.90 Å². The highest BCUT2D eigenvalue weighted by Crippen LogP contribution is 1.78. The summed E-state index contributed by atoms with van der Waals surface area (Å²) in [7, 11) is 0. The molecule has 1 radical (unpaired) electrons. The van der Waals surface area contributed by atoms with Crippen LogP contribution in [0, 0.1) is 0 Å². The lowest BCUT2D eigenvalue weighted by molar-refractivity contribution is -0.108. The first-order chi connectivity index (χ1) is 3.31. The van der Waals surface area contributed by atoms with Gasteiger partial charge in [0.2, 0.25) is 0 Å². The van der Waals surface area contributed by atoms with Crippen molar-refractivity contribution in [2.45, 2.75) is 12.5 Å². The van der Waals surface area contributed by atoms with Crippen molar-refractivity contribution < 1.29 is 9.90 Å². The number of nitrogens with two attached hydrogens (primary N) is 1. The summed E-state index contributed by atoms with van der Waals surface area (Å²) < 4.78 is 0. The molecule has 0 saturated heterocycles. The lowest BCUT2D eigenvalue weighted by atomic mass is 10.3. The van der Waals surface area contributed by atoms with Crippen molar-refractivity contribution in [3.63, 3.8) is 0 Å². The molecule has 0 aromatic rings. The highest BCUT2D eigenvalue weighted by molar-refractivity contribution is 5.50. The summed E-state index contributed by atoms with van der Waals surface area (Å²) in [4.78, 5) is 9.56. The number of hydrogen-bond donors (Lipinski definition) is 1. The Bertz CT molecular complexity index is 55.7. The van der Waals surface area contributed by atoms with Gasteiger partial charge in [0.25, 0.3) is 0 Å². The fourth-order valence-electron chi connectivity index (χ4n) is 0.192. The quantitative estimate of drug-likeness (QED) is 0.480. The summed E-state index contributed by atoms with van der Waals surface area (Å²) in [6, 6.07) is -0.475. The summed E-state index contributed by atoms with van der Waals surface area (Å²) in [5, 5.41) is 9.74. The molecule has 0 aromatic carbocycles. The molecule has 0 aliphatic heterocycles. The Morgan fingerprint density at radius 2 is 2.29 bits per heavy atom. The van der Waals surface area contributed by atoms with E-state index in [1.807, 2.05) is 0 Å². The van der Waals surface area contributed by atoms with Crippen LogP contribution in [-0.2, 0) is 9.90 Å². The average molecular weight is 102 g/mol. The number of carbonyl (C=O) groups excluding carboxylic acids is 1. The zero-order valence-corrected chi connectivity index (χ0v) is 3.96. The molecule has 1 unspecified atom stereocenters. The zero-order chi connectivity index (χ0) is 5.70. The molecule has 2 N–H and O–H groups in total. The molecule has 0 aliphatic rings. The summed E-state index contributed by atoms with van der Waals surface area (Å²) in [5.41, 5.74) is 5.04. The molecule has 3 heteroatoms. The van der Waals surface area contributed by atoms with Gasteiger partial charge in [-0.25, -0.2) is 5.11 Å². The molecular formula is C4H8NO2. The third-order valence-electron chi connectivity index (χ3n) is 0.613. The van der Waals surface area contributed by atoms with Crippen molar-refractivity contribution in [3.05, 3.63) is 0 Å². The van der Waals surface area contributed by atoms with Gasteiger partial charge < -0.3 is 10.5 Å². The maximum Gasteiger partial charge on any atom is 0.121 e. The van der Waals surface area contributed by atoms with Gasteiger partial charge >= 0.3 is 0 Å². The molecule has 1 atom stereocenters. The molecule has 0 fully saturated rings. The van der Waals surface area contributed by atoms with E-state index < -0.39 is 6.04 Å². The maximum absolute atomic E-state index is 9.74. The van der Waals surface area contributed by atoms with E-state index in [1.165, 1.54) is 0 Å². The molecule has 0 spiro atoms. The van der Waals surface area contributed by atoms with Crippen molar-refractivity contribution >= 4 is 6.29 Å². The Kier molecular flexibility index (Phi) is 3.55. The SMILES string of the molecule is NC(C[O])CC=O. The topological polar surface area (TPSA) is 63.0 Å². The normalized spacial score (nSPS) is 13.4. The predicted octanol–water partition coefficient (Wildman–Crippen LogP) is -0.667. The maximum atomic E-state index is 9.74. The first-order valence-corrected chi connectivity index (χ1v) is 2.08. The summed E-state index contributed by atoms with van der Waals surface area (Å²) in [6.07, 6.45) is 0.839.